The number of hydrogen-bond donors (Lipinski definition) is 5. The molecular formula is C19H30ClN5O6S. The van der Waals surface area contributed by atoms with Gasteiger partial charge in [-0.2, -0.15) is 4.31 Å². The molecule has 1 aliphatic heterocycles. The van der Waals surface area contributed by atoms with E-state index in [9.17, 15) is 22.8 Å². The van der Waals surface area contributed by atoms with Gasteiger partial charge in [-0.15, -0.1) is 12.4 Å². The number of benzene rings is 1. The first-order chi connectivity index (χ1) is 14.6. The van der Waals surface area contributed by atoms with Gasteiger partial charge < -0.3 is 16.4 Å². The van der Waals surface area contributed by atoms with Crippen LogP contribution in [0.3, 0.4) is 0 Å². The van der Waals surface area contributed by atoms with Crippen LogP contribution in [0.5, 0.6) is 0 Å². The van der Waals surface area contributed by atoms with Crippen molar-refractivity contribution in [1.82, 2.24) is 20.4 Å². The summed E-state index contributed by atoms with van der Waals surface area (Å²) in [5.41, 5.74) is 7.30. The smallest absolute Gasteiger partial charge is 0.261 e. The van der Waals surface area contributed by atoms with Gasteiger partial charge in [-0.05, 0) is 24.5 Å². The summed E-state index contributed by atoms with van der Waals surface area (Å²) < 4.78 is 26.9. The fourth-order valence-electron chi connectivity index (χ4n) is 3.29. The Morgan fingerprint density at radius 2 is 1.88 bits per heavy atom. The van der Waals surface area contributed by atoms with Crippen molar-refractivity contribution in [2.24, 2.45) is 11.7 Å². The van der Waals surface area contributed by atoms with Gasteiger partial charge in [-0.3, -0.25) is 19.6 Å². The number of nitrogens with zero attached hydrogens (tertiary/aromatic N) is 1. The zero-order chi connectivity index (χ0) is 23.2. The summed E-state index contributed by atoms with van der Waals surface area (Å²) in [7, 11) is -4.04. The van der Waals surface area contributed by atoms with E-state index in [0.717, 1.165) is 4.31 Å². The summed E-state index contributed by atoms with van der Waals surface area (Å²) in [5, 5.41) is 14.1. The van der Waals surface area contributed by atoms with E-state index < -0.39 is 45.9 Å². The number of hydroxylamine groups is 1. The predicted octanol–water partition coefficient (Wildman–Crippen LogP) is -0.649. The minimum atomic E-state index is -4.04. The van der Waals surface area contributed by atoms with Gasteiger partial charge >= 0.3 is 0 Å². The van der Waals surface area contributed by atoms with Crippen molar-refractivity contribution in [1.29, 1.82) is 0 Å². The quantitative estimate of drug-likeness (QED) is 0.225. The van der Waals surface area contributed by atoms with E-state index >= 15 is 0 Å². The fraction of sp³-hybridized carbons (Fsp3) is 0.526. The van der Waals surface area contributed by atoms with Crippen LogP contribution in [-0.4, -0.2) is 66.9 Å². The number of nitrogens with two attached hydrogens (primary N) is 1. The van der Waals surface area contributed by atoms with E-state index in [2.05, 4.69) is 10.6 Å². The number of nitrogens with one attached hydrogen (secondary N) is 3. The number of carbonyl (C=O) groups excluding carboxylic acids is 3. The van der Waals surface area contributed by atoms with Crippen molar-refractivity contribution in [3.63, 3.8) is 0 Å². The van der Waals surface area contributed by atoms with Crippen LogP contribution in [0, 0.1) is 5.92 Å². The minimum absolute atomic E-state index is 0. The van der Waals surface area contributed by atoms with Crippen molar-refractivity contribution < 1.29 is 28.0 Å². The lowest BCUT2D eigenvalue weighted by molar-refractivity contribution is -0.132. The molecule has 6 N–H and O–H groups in total. The van der Waals surface area contributed by atoms with Gasteiger partial charge in [0.1, 0.15) is 6.04 Å². The van der Waals surface area contributed by atoms with Crippen LogP contribution in [0.15, 0.2) is 35.2 Å². The maximum Gasteiger partial charge on any atom is 0.261 e. The molecule has 1 fully saturated rings. The molecule has 1 heterocycles. The Labute approximate surface area is 193 Å². The number of hydrogen-bond acceptors (Lipinski definition) is 7. The van der Waals surface area contributed by atoms with E-state index in [-0.39, 0.29) is 42.7 Å². The summed E-state index contributed by atoms with van der Waals surface area (Å²) in [6.07, 6.45) is 0.674. The topological polar surface area (TPSA) is 171 Å². The highest BCUT2D eigenvalue weighted by molar-refractivity contribution is 7.89. The predicted molar refractivity (Wildman–Crippen MR) is 118 cm³/mol. The van der Waals surface area contributed by atoms with Crippen LogP contribution in [0.4, 0.5) is 0 Å². The Kier molecular flexibility index (Phi) is 10.5. The second-order valence-electron chi connectivity index (χ2n) is 7.51. The van der Waals surface area contributed by atoms with Gasteiger partial charge in [0.25, 0.3) is 5.91 Å². The molecule has 4 atom stereocenters. The summed E-state index contributed by atoms with van der Waals surface area (Å²) >= 11 is 0. The van der Waals surface area contributed by atoms with Crippen molar-refractivity contribution in [3.05, 3.63) is 30.3 Å². The van der Waals surface area contributed by atoms with Gasteiger partial charge in [0.15, 0.2) is 0 Å². The SMILES string of the molecule is CC[C@H](C)[C@H](N)C(=O)NCC(=O)N[C@H]1C[C@@H](C(=O)NO)N(S(=O)(=O)c2ccccc2)C1.Cl. The molecule has 0 aromatic heterocycles. The molecule has 3 amide bonds. The number of amides is 3. The van der Waals surface area contributed by atoms with Crippen molar-refractivity contribution in [3.8, 4) is 0 Å². The average molecular weight is 492 g/mol. The van der Waals surface area contributed by atoms with Crippen LogP contribution in [0.25, 0.3) is 0 Å². The van der Waals surface area contributed by atoms with E-state index in [0.29, 0.717) is 6.42 Å². The lowest BCUT2D eigenvalue weighted by atomic mass is 9.99. The van der Waals surface area contributed by atoms with Gasteiger partial charge in [0, 0.05) is 12.6 Å². The van der Waals surface area contributed by atoms with Crippen molar-refractivity contribution >= 4 is 40.2 Å². The maximum absolute atomic E-state index is 13.0. The summed E-state index contributed by atoms with van der Waals surface area (Å²) in [5.74, 6) is -1.95. The van der Waals surface area contributed by atoms with Gasteiger partial charge in [-0.1, -0.05) is 38.5 Å². The molecule has 0 bridgehead atoms. The first-order valence-corrected chi connectivity index (χ1v) is 11.4. The van der Waals surface area contributed by atoms with E-state index in [4.69, 9.17) is 10.9 Å². The Hall–Kier alpha value is -2.25. The molecule has 32 heavy (non-hydrogen) atoms. The van der Waals surface area contributed by atoms with Crippen LogP contribution in [-0.2, 0) is 24.4 Å². The largest absolute Gasteiger partial charge is 0.350 e. The Balaban J connectivity index is 0.00000512. The first kappa shape index (κ1) is 27.8. The highest BCUT2D eigenvalue weighted by atomic mass is 35.5. The van der Waals surface area contributed by atoms with Gasteiger partial charge in [0.2, 0.25) is 21.8 Å². The minimum Gasteiger partial charge on any atom is -0.350 e. The summed E-state index contributed by atoms with van der Waals surface area (Å²) in [4.78, 5) is 36.3. The lowest BCUT2D eigenvalue weighted by Gasteiger charge is -2.22. The molecule has 0 unspecified atom stereocenters. The molecule has 1 aromatic carbocycles. The molecule has 0 aliphatic carbocycles. The number of rotatable bonds is 9. The third-order valence-electron chi connectivity index (χ3n) is 5.37. The van der Waals surface area contributed by atoms with Gasteiger partial charge in [0.05, 0.1) is 17.5 Å². The van der Waals surface area contributed by atoms with E-state index in [1.165, 1.54) is 17.6 Å². The van der Waals surface area contributed by atoms with Crippen molar-refractivity contribution in [2.45, 2.75) is 49.7 Å². The number of sulfonamides is 1. The molecule has 2 rings (SSSR count). The summed E-state index contributed by atoms with van der Waals surface area (Å²) in [6.45, 7) is 3.24. The highest BCUT2D eigenvalue weighted by Gasteiger charge is 2.44. The molecule has 180 valence electrons. The average Bonchev–Trinajstić information content (AvgIpc) is 3.20. The number of carbonyl (C=O) groups is 3. The molecule has 0 radical (unpaired) electrons. The normalized spacial score (nSPS) is 20.5. The summed E-state index contributed by atoms with van der Waals surface area (Å²) in [6, 6.07) is 4.92. The molecule has 0 spiro atoms. The Morgan fingerprint density at radius 1 is 1.25 bits per heavy atom. The van der Waals surface area contributed by atoms with Crippen LogP contribution >= 0.6 is 12.4 Å². The third kappa shape index (κ3) is 6.62. The van der Waals surface area contributed by atoms with Crippen LogP contribution < -0.4 is 21.8 Å². The Morgan fingerprint density at radius 3 is 2.44 bits per heavy atom. The zero-order valence-corrected chi connectivity index (χ0v) is 19.5. The fourth-order valence-corrected chi connectivity index (χ4v) is 4.96. The highest BCUT2D eigenvalue weighted by Crippen LogP contribution is 2.26. The van der Waals surface area contributed by atoms with Crippen LogP contribution in [0.1, 0.15) is 26.7 Å². The van der Waals surface area contributed by atoms with Crippen molar-refractivity contribution in [2.75, 3.05) is 13.1 Å². The second-order valence-corrected chi connectivity index (χ2v) is 9.40. The molecule has 11 nitrogen and oxygen atoms in total. The molecule has 13 heteroatoms. The molecule has 1 aromatic rings. The standard InChI is InChI=1S/C19H29N5O6S.ClH/c1-3-12(2)17(20)19(27)21-10-16(25)22-13-9-15(18(26)23-28)24(11-13)31(29,30)14-7-5-4-6-8-14;/h4-8,12-13,15,17,28H,3,9-11,20H2,1-2H3,(H,21,27)(H,22,25)(H,23,26);1H/t12-,13-,15-,17-;/m0./s1. The number of halogens is 1. The molecule has 1 saturated heterocycles. The first-order valence-electron chi connectivity index (χ1n) is 9.95. The molecule has 1 aliphatic rings. The third-order valence-corrected chi connectivity index (χ3v) is 7.26. The monoisotopic (exact) mass is 491 g/mol. The van der Waals surface area contributed by atoms with E-state index in [1.54, 1.807) is 18.2 Å². The van der Waals surface area contributed by atoms with Crippen LogP contribution in [0.2, 0.25) is 0 Å². The molecular weight excluding hydrogens is 462 g/mol. The van der Waals surface area contributed by atoms with E-state index in [1.807, 2.05) is 13.8 Å². The maximum atomic E-state index is 13.0. The second kappa shape index (κ2) is 12.1. The zero-order valence-electron chi connectivity index (χ0n) is 17.9. The Bertz CT molecular complexity index is 901. The lowest BCUT2D eigenvalue weighted by Crippen LogP contribution is -2.49. The van der Waals surface area contributed by atoms with Gasteiger partial charge in [-0.25, -0.2) is 13.9 Å². The molecule has 0 saturated carbocycles.